The van der Waals surface area contributed by atoms with Crippen LogP contribution in [0.4, 0.5) is 0 Å². The Labute approximate surface area is 76.5 Å². The Bertz CT molecular complexity index is 323. The largest absolute Gasteiger partial charge is 0.480 e. The lowest BCUT2D eigenvalue weighted by molar-refractivity contribution is 0.0596. The van der Waals surface area contributed by atoms with Crippen LogP contribution < -0.4 is 4.74 Å². The molecule has 1 rings (SSSR count). The Morgan fingerprint density at radius 1 is 1.38 bits per heavy atom. The minimum Gasteiger partial charge on any atom is -0.480 e. The molecule has 1 aromatic rings. The highest BCUT2D eigenvalue weighted by Gasteiger charge is 2.13. The second-order valence-electron chi connectivity index (χ2n) is 2.50. The van der Waals surface area contributed by atoms with Gasteiger partial charge in [-0.15, -0.1) is 0 Å². The number of carbonyl (C=O) groups is 1. The van der Waals surface area contributed by atoms with Gasteiger partial charge in [-0.3, -0.25) is 0 Å². The van der Waals surface area contributed by atoms with Crippen molar-refractivity contribution in [3.63, 3.8) is 0 Å². The van der Waals surface area contributed by atoms with Crippen molar-refractivity contribution in [1.82, 2.24) is 4.98 Å². The third kappa shape index (κ3) is 1.96. The lowest BCUT2D eigenvalue weighted by Gasteiger charge is -2.05. The molecule has 0 spiro atoms. The Morgan fingerprint density at radius 2 is 2.08 bits per heavy atom. The Balaban J connectivity index is 3.13. The van der Waals surface area contributed by atoms with Crippen LogP contribution in [-0.2, 0) is 4.74 Å². The Kier molecular flexibility index (Phi) is 2.84. The zero-order valence-corrected chi connectivity index (χ0v) is 7.83. The van der Waals surface area contributed by atoms with E-state index in [0.717, 1.165) is 5.69 Å². The van der Waals surface area contributed by atoms with E-state index in [9.17, 15) is 4.79 Å². The molecule has 0 unspecified atom stereocenters. The van der Waals surface area contributed by atoms with Gasteiger partial charge in [-0.05, 0) is 19.1 Å². The van der Waals surface area contributed by atoms with Crippen LogP contribution in [-0.4, -0.2) is 25.2 Å². The zero-order valence-electron chi connectivity index (χ0n) is 7.83. The molecule has 0 N–H and O–H groups in total. The first kappa shape index (κ1) is 9.51. The van der Waals surface area contributed by atoms with Crippen molar-refractivity contribution in [3.8, 4) is 5.88 Å². The predicted molar refractivity (Wildman–Crippen MR) is 46.9 cm³/mol. The first-order valence-electron chi connectivity index (χ1n) is 3.79. The fraction of sp³-hybridized carbons (Fsp3) is 0.333. The van der Waals surface area contributed by atoms with E-state index in [0.29, 0.717) is 11.4 Å². The molecule has 0 bridgehead atoms. The molecule has 70 valence electrons. The van der Waals surface area contributed by atoms with Crippen molar-refractivity contribution in [2.24, 2.45) is 0 Å². The molecule has 0 amide bonds. The molecule has 0 aromatic carbocycles. The number of aryl methyl sites for hydroxylation is 1. The molecule has 4 heteroatoms. The van der Waals surface area contributed by atoms with Gasteiger partial charge in [-0.2, -0.15) is 0 Å². The number of aromatic nitrogens is 1. The summed E-state index contributed by atoms with van der Waals surface area (Å²) in [6.45, 7) is 1.82. The summed E-state index contributed by atoms with van der Waals surface area (Å²) in [4.78, 5) is 15.2. The number of esters is 1. The van der Waals surface area contributed by atoms with E-state index in [2.05, 4.69) is 9.72 Å². The predicted octanol–water partition coefficient (Wildman–Crippen LogP) is 1.19. The summed E-state index contributed by atoms with van der Waals surface area (Å²) in [6.07, 6.45) is 0. The van der Waals surface area contributed by atoms with Crippen LogP contribution in [0.3, 0.4) is 0 Å². The highest BCUT2D eigenvalue weighted by atomic mass is 16.5. The van der Waals surface area contributed by atoms with Crippen LogP contribution in [0.25, 0.3) is 0 Å². The molecule has 1 heterocycles. The summed E-state index contributed by atoms with van der Waals surface area (Å²) in [5.41, 5.74) is 1.14. The molecule has 0 saturated heterocycles. The maximum Gasteiger partial charge on any atom is 0.343 e. The average Bonchev–Trinajstić information content (AvgIpc) is 2.16. The molecular weight excluding hydrogens is 170 g/mol. The fourth-order valence-electron chi connectivity index (χ4n) is 0.954. The van der Waals surface area contributed by atoms with Gasteiger partial charge < -0.3 is 9.47 Å². The van der Waals surface area contributed by atoms with E-state index >= 15 is 0 Å². The zero-order chi connectivity index (χ0) is 9.84. The van der Waals surface area contributed by atoms with Crippen molar-refractivity contribution in [1.29, 1.82) is 0 Å². The van der Waals surface area contributed by atoms with E-state index in [1.165, 1.54) is 14.2 Å². The molecule has 1 aromatic heterocycles. The van der Waals surface area contributed by atoms with Gasteiger partial charge >= 0.3 is 5.97 Å². The van der Waals surface area contributed by atoms with Crippen LogP contribution >= 0.6 is 0 Å². The van der Waals surface area contributed by atoms with E-state index in [1.807, 2.05) is 6.92 Å². The van der Waals surface area contributed by atoms with Gasteiger partial charge in [0.15, 0.2) is 0 Å². The van der Waals surface area contributed by atoms with Gasteiger partial charge in [0.25, 0.3) is 0 Å². The minimum absolute atomic E-state index is 0.298. The van der Waals surface area contributed by atoms with Gasteiger partial charge in [0.2, 0.25) is 5.88 Å². The third-order valence-corrected chi connectivity index (χ3v) is 1.60. The maximum absolute atomic E-state index is 11.2. The molecule has 0 radical (unpaired) electrons. The number of pyridine rings is 1. The molecule has 13 heavy (non-hydrogen) atoms. The fourth-order valence-corrected chi connectivity index (χ4v) is 0.954. The molecule has 4 nitrogen and oxygen atoms in total. The van der Waals surface area contributed by atoms with Crippen LogP contribution in [0, 0.1) is 6.92 Å². The van der Waals surface area contributed by atoms with Crippen molar-refractivity contribution < 1.29 is 14.3 Å². The smallest absolute Gasteiger partial charge is 0.343 e. The minimum atomic E-state index is -0.440. The SMILES string of the molecule is COC(=O)c1ccc(C)nc1OC. The standard InChI is InChI=1S/C9H11NO3/c1-6-4-5-7(9(11)13-3)8(10-6)12-2/h4-5H,1-3H3. The van der Waals surface area contributed by atoms with Crippen LogP contribution in [0.2, 0.25) is 0 Å². The molecule has 0 atom stereocenters. The van der Waals surface area contributed by atoms with Gasteiger partial charge in [-0.25, -0.2) is 9.78 Å². The van der Waals surface area contributed by atoms with Crippen molar-refractivity contribution in [2.75, 3.05) is 14.2 Å². The first-order chi connectivity index (χ1) is 6.19. The number of hydrogen-bond acceptors (Lipinski definition) is 4. The van der Waals surface area contributed by atoms with E-state index < -0.39 is 5.97 Å². The van der Waals surface area contributed by atoms with Crippen molar-refractivity contribution in [2.45, 2.75) is 6.92 Å². The van der Waals surface area contributed by atoms with E-state index in [4.69, 9.17) is 4.74 Å². The van der Waals surface area contributed by atoms with Gasteiger partial charge in [0, 0.05) is 5.69 Å². The average molecular weight is 181 g/mol. The maximum atomic E-state index is 11.2. The summed E-state index contributed by atoms with van der Waals surface area (Å²) in [5, 5.41) is 0. The lowest BCUT2D eigenvalue weighted by Crippen LogP contribution is -2.05. The van der Waals surface area contributed by atoms with E-state index in [1.54, 1.807) is 12.1 Å². The topological polar surface area (TPSA) is 48.4 Å². The number of carbonyl (C=O) groups excluding carboxylic acids is 1. The molecule has 0 aliphatic carbocycles. The van der Waals surface area contributed by atoms with Crippen LogP contribution in [0.5, 0.6) is 5.88 Å². The number of ether oxygens (including phenoxy) is 2. The highest BCUT2D eigenvalue weighted by molar-refractivity contribution is 5.91. The lowest BCUT2D eigenvalue weighted by atomic mass is 10.2. The van der Waals surface area contributed by atoms with Crippen LogP contribution in [0.15, 0.2) is 12.1 Å². The Morgan fingerprint density at radius 3 is 2.62 bits per heavy atom. The second-order valence-corrected chi connectivity index (χ2v) is 2.50. The molecular formula is C9H11NO3. The summed E-state index contributed by atoms with van der Waals surface area (Å²) in [7, 11) is 2.79. The Hall–Kier alpha value is -1.58. The van der Waals surface area contributed by atoms with E-state index in [-0.39, 0.29) is 0 Å². The van der Waals surface area contributed by atoms with Gasteiger partial charge in [0.05, 0.1) is 14.2 Å². The third-order valence-electron chi connectivity index (χ3n) is 1.60. The summed E-state index contributed by atoms with van der Waals surface area (Å²) in [5.74, 6) is -0.142. The molecule has 0 saturated carbocycles. The number of nitrogens with zero attached hydrogens (tertiary/aromatic N) is 1. The summed E-state index contributed by atoms with van der Waals surface area (Å²) in [6, 6.07) is 3.36. The monoisotopic (exact) mass is 181 g/mol. The second kappa shape index (κ2) is 3.89. The van der Waals surface area contributed by atoms with Gasteiger partial charge in [0.1, 0.15) is 5.56 Å². The number of rotatable bonds is 2. The normalized spacial score (nSPS) is 9.46. The molecule has 0 aliphatic heterocycles. The quantitative estimate of drug-likeness (QED) is 0.643. The molecule has 0 fully saturated rings. The highest BCUT2D eigenvalue weighted by Crippen LogP contribution is 2.16. The van der Waals surface area contributed by atoms with Crippen LogP contribution in [0.1, 0.15) is 16.1 Å². The van der Waals surface area contributed by atoms with Crippen molar-refractivity contribution in [3.05, 3.63) is 23.4 Å². The summed E-state index contributed by atoms with van der Waals surface area (Å²) >= 11 is 0. The number of hydrogen-bond donors (Lipinski definition) is 0. The summed E-state index contributed by atoms with van der Waals surface area (Å²) < 4.78 is 9.50. The first-order valence-corrected chi connectivity index (χ1v) is 3.79. The van der Waals surface area contributed by atoms with Gasteiger partial charge in [-0.1, -0.05) is 0 Å². The molecule has 0 aliphatic rings. The van der Waals surface area contributed by atoms with Crippen molar-refractivity contribution >= 4 is 5.97 Å². The number of methoxy groups -OCH3 is 2.